The summed E-state index contributed by atoms with van der Waals surface area (Å²) in [5.41, 5.74) is 0. The predicted molar refractivity (Wildman–Crippen MR) is 39.6 cm³/mol. The van der Waals surface area contributed by atoms with E-state index in [0.717, 1.165) is 25.3 Å². The molecule has 0 saturated heterocycles. The molecular formula is C8H11F2NO. The molecule has 1 rings (SSSR count). The van der Waals surface area contributed by atoms with Crippen LogP contribution >= 0.6 is 0 Å². The lowest BCUT2D eigenvalue weighted by Crippen LogP contribution is -2.27. The summed E-state index contributed by atoms with van der Waals surface area (Å²) in [6, 6.07) is -3.18. The zero-order chi connectivity index (χ0) is 9.03. The van der Waals surface area contributed by atoms with Crippen LogP contribution in [0.1, 0.15) is 32.1 Å². The third-order valence-electron chi connectivity index (χ3n) is 2.29. The lowest BCUT2D eigenvalue weighted by atomic mass is 9.88. The molecule has 0 spiro atoms. The number of hydrogen-bond acceptors (Lipinski definition) is 2. The Morgan fingerprint density at radius 2 is 1.83 bits per heavy atom. The lowest BCUT2D eigenvalue weighted by molar-refractivity contribution is -0.0619. The van der Waals surface area contributed by atoms with Crippen molar-refractivity contribution in [1.82, 2.24) is 0 Å². The summed E-state index contributed by atoms with van der Waals surface area (Å²) in [5.74, 6) is -0.743. The fraction of sp³-hybridized carbons (Fsp3) is 0.875. The zero-order valence-electron chi connectivity index (χ0n) is 6.72. The molecule has 4 heteroatoms. The molecule has 0 N–H and O–H groups in total. The minimum absolute atomic E-state index is 0.470. The highest BCUT2D eigenvalue weighted by atomic mass is 19.3. The molecule has 0 heterocycles. The summed E-state index contributed by atoms with van der Waals surface area (Å²) in [5, 5.41) is 0. The number of rotatable bonds is 2. The average molecular weight is 175 g/mol. The highest BCUT2D eigenvalue weighted by Crippen LogP contribution is 2.36. The van der Waals surface area contributed by atoms with Crippen molar-refractivity contribution in [2.24, 2.45) is 10.9 Å². The van der Waals surface area contributed by atoms with Crippen LogP contribution in [0.15, 0.2) is 4.99 Å². The second-order valence-corrected chi connectivity index (χ2v) is 3.13. The molecule has 0 bridgehead atoms. The molecule has 0 aliphatic heterocycles. The minimum Gasteiger partial charge on any atom is -0.211 e. The quantitative estimate of drug-likeness (QED) is 0.360. The van der Waals surface area contributed by atoms with Gasteiger partial charge in [0.1, 0.15) is 0 Å². The lowest BCUT2D eigenvalue weighted by Gasteiger charge is -2.25. The molecule has 0 unspecified atom stereocenters. The number of aliphatic imine (C=N–C) groups is 1. The van der Waals surface area contributed by atoms with Crippen molar-refractivity contribution in [3.8, 4) is 0 Å². The number of halogens is 2. The molecule has 68 valence electrons. The van der Waals surface area contributed by atoms with Crippen LogP contribution in [0.5, 0.6) is 0 Å². The van der Waals surface area contributed by atoms with Crippen molar-refractivity contribution in [2.45, 2.75) is 38.2 Å². The molecule has 1 fully saturated rings. The van der Waals surface area contributed by atoms with E-state index in [1.54, 1.807) is 0 Å². The first-order chi connectivity index (χ1) is 5.67. The Kier molecular flexibility index (Phi) is 2.93. The molecule has 0 radical (unpaired) electrons. The van der Waals surface area contributed by atoms with Crippen LogP contribution in [-0.2, 0) is 4.79 Å². The molecule has 1 aliphatic carbocycles. The minimum atomic E-state index is -3.18. The van der Waals surface area contributed by atoms with Crippen LogP contribution in [0.2, 0.25) is 0 Å². The fourth-order valence-corrected chi connectivity index (χ4v) is 1.60. The molecule has 0 aromatic heterocycles. The van der Waals surface area contributed by atoms with E-state index in [9.17, 15) is 13.6 Å². The van der Waals surface area contributed by atoms with Crippen LogP contribution in [0.4, 0.5) is 8.78 Å². The van der Waals surface area contributed by atoms with Gasteiger partial charge in [0.15, 0.2) is 0 Å². The van der Waals surface area contributed by atoms with E-state index in [-0.39, 0.29) is 0 Å². The van der Waals surface area contributed by atoms with Gasteiger partial charge in [0.05, 0.1) is 0 Å². The standard InChI is InChI=1S/C8H11F2NO/c9-8(10,11-6-12)7-4-2-1-3-5-7/h7H,1-5H2. The van der Waals surface area contributed by atoms with Crippen LogP contribution in [-0.4, -0.2) is 12.1 Å². The van der Waals surface area contributed by atoms with Crippen LogP contribution in [0.3, 0.4) is 0 Å². The van der Waals surface area contributed by atoms with Crippen LogP contribution in [0.25, 0.3) is 0 Å². The molecule has 0 amide bonds. The third-order valence-corrected chi connectivity index (χ3v) is 2.29. The van der Waals surface area contributed by atoms with E-state index in [4.69, 9.17) is 0 Å². The molecule has 2 nitrogen and oxygen atoms in total. The predicted octanol–water partition coefficient (Wildman–Crippen LogP) is 2.50. The van der Waals surface area contributed by atoms with Gasteiger partial charge in [0, 0.05) is 5.92 Å². The highest BCUT2D eigenvalue weighted by Gasteiger charge is 2.39. The van der Waals surface area contributed by atoms with Crippen molar-refractivity contribution in [2.75, 3.05) is 0 Å². The van der Waals surface area contributed by atoms with E-state index < -0.39 is 12.0 Å². The maximum atomic E-state index is 12.9. The first-order valence-corrected chi connectivity index (χ1v) is 4.13. The molecule has 0 atom stereocenters. The number of isocyanates is 1. The van der Waals surface area contributed by atoms with Gasteiger partial charge < -0.3 is 0 Å². The van der Waals surface area contributed by atoms with Crippen LogP contribution < -0.4 is 0 Å². The number of carbonyl (C=O) groups excluding carboxylic acids is 1. The normalized spacial score (nSPS) is 20.2. The Labute approximate surface area is 69.7 Å². The Hall–Kier alpha value is -0.760. The zero-order valence-corrected chi connectivity index (χ0v) is 6.72. The molecular weight excluding hydrogens is 164 g/mol. The number of hydrogen-bond donors (Lipinski definition) is 0. The van der Waals surface area contributed by atoms with E-state index >= 15 is 0 Å². The SMILES string of the molecule is O=C=NC(F)(F)C1CCCCC1. The van der Waals surface area contributed by atoms with Gasteiger partial charge in [0.25, 0.3) is 0 Å². The van der Waals surface area contributed by atoms with Gasteiger partial charge in [-0.15, -0.1) is 4.99 Å². The van der Waals surface area contributed by atoms with Gasteiger partial charge in [-0.25, -0.2) is 4.79 Å². The van der Waals surface area contributed by atoms with E-state index in [2.05, 4.69) is 4.99 Å². The van der Waals surface area contributed by atoms with Crippen LogP contribution in [0, 0.1) is 5.92 Å². The number of nitrogens with zero attached hydrogens (tertiary/aromatic N) is 1. The largest absolute Gasteiger partial charge is 0.354 e. The van der Waals surface area contributed by atoms with Crippen molar-refractivity contribution in [3.05, 3.63) is 0 Å². The van der Waals surface area contributed by atoms with E-state index in [0.29, 0.717) is 12.8 Å². The van der Waals surface area contributed by atoms with E-state index in [1.807, 2.05) is 0 Å². The van der Waals surface area contributed by atoms with Gasteiger partial charge in [-0.2, -0.15) is 8.78 Å². The maximum Gasteiger partial charge on any atom is 0.354 e. The first-order valence-electron chi connectivity index (χ1n) is 4.13. The second kappa shape index (κ2) is 3.76. The average Bonchev–Trinajstić information content (AvgIpc) is 2.06. The summed E-state index contributed by atoms with van der Waals surface area (Å²) in [4.78, 5) is 12.2. The fourth-order valence-electron chi connectivity index (χ4n) is 1.60. The van der Waals surface area contributed by atoms with E-state index in [1.165, 1.54) is 0 Å². The Morgan fingerprint density at radius 3 is 2.33 bits per heavy atom. The van der Waals surface area contributed by atoms with Crippen molar-refractivity contribution in [3.63, 3.8) is 0 Å². The summed E-state index contributed by atoms with van der Waals surface area (Å²) >= 11 is 0. The molecule has 1 aliphatic rings. The first kappa shape index (κ1) is 9.33. The summed E-state index contributed by atoms with van der Waals surface area (Å²) in [6.07, 6.45) is 4.51. The van der Waals surface area contributed by atoms with Gasteiger partial charge in [-0.1, -0.05) is 19.3 Å². The molecule has 12 heavy (non-hydrogen) atoms. The summed E-state index contributed by atoms with van der Waals surface area (Å²) in [7, 11) is 0. The topological polar surface area (TPSA) is 29.4 Å². The molecule has 0 aromatic rings. The smallest absolute Gasteiger partial charge is 0.211 e. The Bertz CT molecular complexity index is 193. The highest BCUT2D eigenvalue weighted by molar-refractivity contribution is 5.33. The molecule has 1 saturated carbocycles. The van der Waals surface area contributed by atoms with Crippen molar-refractivity contribution >= 4 is 6.08 Å². The van der Waals surface area contributed by atoms with Gasteiger partial charge in [-0.3, -0.25) is 0 Å². The van der Waals surface area contributed by atoms with Gasteiger partial charge in [0.2, 0.25) is 6.08 Å². The number of alkyl halides is 2. The maximum absolute atomic E-state index is 12.9. The van der Waals surface area contributed by atoms with Gasteiger partial charge in [-0.05, 0) is 12.8 Å². The monoisotopic (exact) mass is 175 g/mol. The van der Waals surface area contributed by atoms with Crippen molar-refractivity contribution in [1.29, 1.82) is 0 Å². The summed E-state index contributed by atoms with van der Waals surface area (Å²) in [6.45, 7) is 0. The Balaban J connectivity index is 2.59. The van der Waals surface area contributed by atoms with Gasteiger partial charge >= 0.3 is 6.05 Å². The van der Waals surface area contributed by atoms with Crippen molar-refractivity contribution < 1.29 is 13.6 Å². The third kappa shape index (κ3) is 2.11. The second-order valence-electron chi connectivity index (χ2n) is 3.13. The molecule has 0 aromatic carbocycles. The summed E-state index contributed by atoms with van der Waals surface area (Å²) < 4.78 is 25.8. The Morgan fingerprint density at radius 1 is 1.25 bits per heavy atom.